The smallest absolute Gasteiger partial charge is 0.280 e. The molecule has 6 rings (SSSR count). The minimum Gasteiger partial charge on any atom is -0.454 e. The fourth-order valence-corrected chi connectivity index (χ4v) is 5.28. The molecule has 3 aromatic carbocycles. The van der Waals surface area contributed by atoms with Crippen molar-refractivity contribution in [2.45, 2.75) is 31.1 Å². The zero-order valence-corrected chi connectivity index (χ0v) is 19.8. The summed E-state index contributed by atoms with van der Waals surface area (Å²) in [5.41, 5.74) is -1.39. The molecule has 184 valence electrons. The van der Waals surface area contributed by atoms with Gasteiger partial charge in [0.15, 0.2) is 0 Å². The molecule has 2 aliphatic rings. The highest BCUT2D eigenvalue weighted by Gasteiger charge is 2.73. The van der Waals surface area contributed by atoms with E-state index in [0.717, 1.165) is 5.56 Å². The largest absolute Gasteiger partial charge is 0.454 e. The van der Waals surface area contributed by atoms with Crippen LogP contribution in [0.25, 0.3) is 10.9 Å². The highest BCUT2D eigenvalue weighted by Crippen LogP contribution is 2.59. The third-order valence-corrected chi connectivity index (χ3v) is 7.11. The lowest BCUT2D eigenvalue weighted by Crippen LogP contribution is -2.60. The van der Waals surface area contributed by atoms with E-state index in [1.165, 1.54) is 24.4 Å². The van der Waals surface area contributed by atoms with Crippen LogP contribution >= 0.6 is 0 Å². The second kappa shape index (κ2) is 7.65. The van der Waals surface area contributed by atoms with Crippen LogP contribution in [0.2, 0.25) is 0 Å². The van der Waals surface area contributed by atoms with E-state index in [4.69, 9.17) is 4.74 Å². The van der Waals surface area contributed by atoms with Crippen molar-refractivity contribution in [2.75, 3.05) is 0 Å². The fourth-order valence-electron chi connectivity index (χ4n) is 5.28. The Balaban J connectivity index is 1.59. The molecule has 2 atom stereocenters. The normalized spacial score (nSPS) is 21.4. The Morgan fingerprint density at radius 2 is 1.89 bits per heavy atom. The minimum absolute atomic E-state index is 0.0907. The molecule has 0 saturated carbocycles. The van der Waals surface area contributed by atoms with Gasteiger partial charge in [0.2, 0.25) is 11.3 Å². The van der Waals surface area contributed by atoms with E-state index in [-0.39, 0.29) is 33.9 Å². The van der Waals surface area contributed by atoms with Gasteiger partial charge in [-0.15, -0.1) is 0 Å². The van der Waals surface area contributed by atoms with E-state index < -0.39 is 33.6 Å². The van der Waals surface area contributed by atoms with E-state index in [1.54, 1.807) is 42.5 Å². The van der Waals surface area contributed by atoms with E-state index in [0.29, 0.717) is 10.9 Å². The maximum absolute atomic E-state index is 14.2. The minimum atomic E-state index is -2.42. The maximum atomic E-state index is 14.2. The molecule has 1 aliphatic carbocycles. The lowest BCUT2D eigenvalue weighted by atomic mass is 9.82. The molecule has 37 heavy (non-hydrogen) atoms. The Labute approximate surface area is 210 Å². The zero-order valence-electron chi connectivity index (χ0n) is 19.8. The van der Waals surface area contributed by atoms with Crippen LogP contribution < -0.4 is 10.1 Å². The van der Waals surface area contributed by atoms with Crippen LogP contribution in [0.3, 0.4) is 0 Å². The standard InChI is InChI=1S/C27H20N4O6/c1-14(2)15-10-11-18-22(12-15)37-27(34)19-7-5-9-21(31(35)36)23(19)24(32)26(18,27)29-25(33)17-13-28-30-20-8-4-3-6-16(17)20/h3-14,34H,1-2H3,(H,29,33). The van der Waals surface area contributed by atoms with Crippen molar-refractivity contribution >= 4 is 28.3 Å². The highest BCUT2D eigenvalue weighted by atomic mass is 16.6. The van der Waals surface area contributed by atoms with E-state index in [9.17, 15) is 24.8 Å². The van der Waals surface area contributed by atoms with Crippen LogP contribution in [0.4, 0.5) is 5.69 Å². The Bertz CT molecular complexity index is 1660. The number of nitrogens with one attached hydrogen (secondary N) is 1. The van der Waals surface area contributed by atoms with Crippen molar-refractivity contribution in [1.29, 1.82) is 0 Å². The molecule has 10 nitrogen and oxygen atoms in total. The van der Waals surface area contributed by atoms with Gasteiger partial charge >= 0.3 is 0 Å². The van der Waals surface area contributed by atoms with Crippen LogP contribution in [-0.4, -0.2) is 31.9 Å². The number of amides is 1. The predicted octanol–water partition coefficient (Wildman–Crippen LogP) is 3.72. The van der Waals surface area contributed by atoms with Gasteiger partial charge in [-0.3, -0.25) is 19.7 Å². The molecule has 1 aliphatic heterocycles. The Morgan fingerprint density at radius 3 is 2.65 bits per heavy atom. The van der Waals surface area contributed by atoms with Gasteiger partial charge < -0.3 is 15.2 Å². The van der Waals surface area contributed by atoms with Gasteiger partial charge in [-0.25, -0.2) is 0 Å². The Hall–Kier alpha value is -4.70. The van der Waals surface area contributed by atoms with Gasteiger partial charge in [0, 0.05) is 22.6 Å². The molecule has 2 N–H and O–H groups in total. The van der Waals surface area contributed by atoms with Crippen LogP contribution in [-0.2, 0) is 11.3 Å². The first-order valence-corrected chi connectivity index (χ1v) is 11.6. The SMILES string of the molecule is CC(C)c1ccc2c(c1)OC1(O)c3cccc([N+](=O)[O-])c3C(=O)C21NC(=O)c1cnnc2ccccc12. The summed E-state index contributed by atoms with van der Waals surface area (Å²) >= 11 is 0. The first kappa shape index (κ1) is 22.7. The summed E-state index contributed by atoms with van der Waals surface area (Å²) in [7, 11) is 0. The van der Waals surface area contributed by atoms with Crippen molar-refractivity contribution in [3.05, 3.63) is 105 Å². The zero-order chi connectivity index (χ0) is 26.1. The first-order valence-electron chi connectivity index (χ1n) is 11.6. The van der Waals surface area contributed by atoms with Gasteiger partial charge in [-0.05, 0) is 23.6 Å². The van der Waals surface area contributed by atoms with Crippen LogP contribution in [0, 0.1) is 10.1 Å². The predicted molar refractivity (Wildman–Crippen MR) is 131 cm³/mol. The van der Waals surface area contributed by atoms with E-state index >= 15 is 0 Å². The van der Waals surface area contributed by atoms with E-state index in [2.05, 4.69) is 15.5 Å². The van der Waals surface area contributed by atoms with Crippen molar-refractivity contribution in [1.82, 2.24) is 15.5 Å². The number of nitro benzene ring substituents is 1. The summed E-state index contributed by atoms with van der Waals surface area (Å²) in [5, 5.41) is 35.0. The Kier molecular flexibility index (Phi) is 4.70. The molecular weight excluding hydrogens is 476 g/mol. The number of aromatic nitrogens is 2. The lowest BCUT2D eigenvalue weighted by Gasteiger charge is -2.34. The number of carbonyl (C=O) groups excluding carboxylic acids is 2. The van der Waals surface area contributed by atoms with Gasteiger partial charge in [-0.1, -0.05) is 56.3 Å². The number of carbonyl (C=O) groups is 2. The molecule has 10 heteroatoms. The number of ketones is 1. The van der Waals surface area contributed by atoms with E-state index in [1.807, 2.05) is 13.8 Å². The molecular formula is C27H20N4O6. The number of hydrogen-bond acceptors (Lipinski definition) is 8. The highest BCUT2D eigenvalue weighted by molar-refractivity contribution is 6.16. The average Bonchev–Trinajstić information content (AvgIpc) is 3.25. The number of hydrogen-bond donors (Lipinski definition) is 2. The monoisotopic (exact) mass is 496 g/mol. The van der Waals surface area contributed by atoms with Crippen molar-refractivity contribution in [2.24, 2.45) is 0 Å². The van der Waals surface area contributed by atoms with Gasteiger partial charge in [0.05, 0.1) is 22.2 Å². The summed E-state index contributed by atoms with van der Waals surface area (Å²) in [6.45, 7) is 3.96. The molecule has 0 bridgehead atoms. The van der Waals surface area contributed by atoms with Crippen molar-refractivity contribution in [3.8, 4) is 5.75 Å². The molecule has 1 aromatic heterocycles. The number of nitrogens with zero attached hydrogens (tertiary/aromatic N) is 3. The second-order valence-electron chi connectivity index (χ2n) is 9.42. The maximum Gasteiger partial charge on any atom is 0.280 e. The summed E-state index contributed by atoms with van der Waals surface area (Å²) < 4.78 is 6.04. The van der Waals surface area contributed by atoms with Crippen LogP contribution in [0.5, 0.6) is 5.75 Å². The number of Topliss-reactive ketones (excluding diaryl/α,β-unsaturated/α-hetero) is 1. The van der Waals surface area contributed by atoms with Crippen molar-refractivity contribution < 1.29 is 24.4 Å². The second-order valence-corrected chi connectivity index (χ2v) is 9.42. The number of benzene rings is 3. The Morgan fingerprint density at radius 1 is 1.11 bits per heavy atom. The summed E-state index contributed by atoms with van der Waals surface area (Å²) in [4.78, 5) is 39.0. The van der Waals surface area contributed by atoms with Crippen molar-refractivity contribution in [3.63, 3.8) is 0 Å². The number of fused-ring (bicyclic) bond motifs is 6. The number of nitro groups is 1. The summed E-state index contributed by atoms with van der Waals surface area (Å²) in [6.07, 6.45) is 1.26. The topological polar surface area (TPSA) is 145 Å². The van der Waals surface area contributed by atoms with Gasteiger partial charge in [0.25, 0.3) is 17.4 Å². The quantitative estimate of drug-likeness (QED) is 0.321. The van der Waals surface area contributed by atoms with Gasteiger partial charge in [-0.2, -0.15) is 10.2 Å². The molecule has 0 radical (unpaired) electrons. The molecule has 0 spiro atoms. The summed E-state index contributed by atoms with van der Waals surface area (Å²) in [5.74, 6) is -3.66. The molecule has 2 unspecified atom stereocenters. The average molecular weight is 496 g/mol. The number of ether oxygens (including phenoxy) is 1. The third-order valence-electron chi connectivity index (χ3n) is 7.11. The molecule has 1 amide bonds. The molecule has 0 saturated heterocycles. The molecule has 2 heterocycles. The number of aliphatic hydroxyl groups is 1. The van der Waals surface area contributed by atoms with Crippen LogP contribution in [0.1, 0.15) is 57.2 Å². The third kappa shape index (κ3) is 2.90. The number of rotatable bonds is 4. The fraction of sp³-hybridized carbons (Fsp3) is 0.185. The first-order chi connectivity index (χ1) is 17.7. The lowest BCUT2D eigenvalue weighted by molar-refractivity contribution is -0.385. The summed E-state index contributed by atoms with van der Waals surface area (Å²) in [6, 6.07) is 15.9. The van der Waals surface area contributed by atoms with Crippen LogP contribution in [0.15, 0.2) is 66.9 Å². The molecule has 0 fully saturated rings. The van der Waals surface area contributed by atoms with Gasteiger partial charge in [0.1, 0.15) is 11.3 Å². The molecule has 4 aromatic rings.